The molecule has 0 aliphatic heterocycles. The van der Waals surface area contributed by atoms with Crippen LogP contribution in [0.3, 0.4) is 0 Å². The Balaban J connectivity index is 2.45. The number of hydrogen-bond donors (Lipinski definition) is 2. The van der Waals surface area contributed by atoms with Crippen molar-refractivity contribution in [2.75, 3.05) is 6.54 Å². The molecule has 0 saturated heterocycles. The number of ether oxygens (including phenoxy) is 1. The lowest BCUT2D eigenvalue weighted by Crippen LogP contribution is -2.45. The van der Waals surface area contributed by atoms with E-state index in [0.717, 1.165) is 5.56 Å². The summed E-state index contributed by atoms with van der Waals surface area (Å²) >= 11 is 0. The number of amides is 1. The molecule has 0 radical (unpaired) electrons. The van der Waals surface area contributed by atoms with Crippen LogP contribution in [0.1, 0.15) is 12.5 Å². The van der Waals surface area contributed by atoms with Gasteiger partial charge in [0.1, 0.15) is 12.6 Å². The van der Waals surface area contributed by atoms with E-state index in [9.17, 15) is 9.59 Å². The number of hydrogen-bond acceptors (Lipinski definition) is 4. The van der Waals surface area contributed by atoms with Crippen LogP contribution in [0.4, 0.5) is 0 Å². The van der Waals surface area contributed by atoms with Gasteiger partial charge in [0.25, 0.3) is 0 Å². The average Bonchev–Trinajstić information content (AvgIpc) is 2.34. The predicted octanol–water partition coefficient (Wildman–Crippen LogP) is 0.193. The Kier molecular flexibility index (Phi) is 5.16. The second kappa shape index (κ2) is 6.65. The zero-order chi connectivity index (χ0) is 12.7. The van der Waals surface area contributed by atoms with Crippen molar-refractivity contribution in [1.82, 2.24) is 5.32 Å². The molecule has 1 amide bonds. The van der Waals surface area contributed by atoms with Gasteiger partial charge in [0, 0.05) is 13.5 Å². The standard InChI is InChI=1S/C12H16N2O3/c1-9(15)14-11(7-13)12(16)17-8-10-5-3-2-4-6-10/h2-6,11H,7-8,13H2,1H3,(H,14,15)/t11-/m0/s1. The van der Waals surface area contributed by atoms with Gasteiger partial charge in [-0.3, -0.25) is 4.79 Å². The summed E-state index contributed by atoms with van der Waals surface area (Å²) in [4.78, 5) is 22.4. The van der Waals surface area contributed by atoms with Gasteiger partial charge < -0.3 is 15.8 Å². The number of rotatable bonds is 5. The van der Waals surface area contributed by atoms with Crippen LogP contribution in [-0.4, -0.2) is 24.5 Å². The monoisotopic (exact) mass is 236 g/mol. The van der Waals surface area contributed by atoms with Crippen LogP contribution >= 0.6 is 0 Å². The molecule has 1 rings (SSSR count). The molecule has 0 aromatic heterocycles. The minimum absolute atomic E-state index is 0.0210. The lowest BCUT2D eigenvalue weighted by atomic mass is 10.2. The number of nitrogens with one attached hydrogen (secondary N) is 1. The molecule has 92 valence electrons. The molecule has 3 N–H and O–H groups in total. The highest BCUT2D eigenvalue weighted by Crippen LogP contribution is 2.01. The first-order valence-electron chi connectivity index (χ1n) is 5.31. The summed E-state index contributed by atoms with van der Waals surface area (Å²) in [6.07, 6.45) is 0. The third kappa shape index (κ3) is 4.65. The van der Waals surface area contributed by atoms with Gasteiger partial charge in [-0.15, -0.1) is 0 Å². The van der Waals surface area contributed by atoms with E-state index in [-0.39, 0.29) is 19.1 Å². The van der Waals surface area contributed by atoms with Crippen molar-refractivity contribution in [3.05, 3.63) is 35.9 Å². The highest BCUT2D eigenvalue weighted by Gasteiger charge is 2.18. The quantitative estimate of drug-likeness (QED) is 0.715. The summed E-state index contributed by atoms with van der Waals surface area (Å²) in [7, 11) is 0. The molecule has 0 fully saturated rings. The van der Waals surface area contributed by atoms with Crippen LogP contribution in [0.25, 0.3) is 0 Å². The highest BCUT2D eigenvalue weighted by molar-refractivity contribution is 5.83. The van der Waals surface area contributed by atoms with E-state index >= 15 is 0 Å². The maximum atomic E-state index is 11.6. The molecule has 0 aliphatic carbocycles. The second-order valence-corrected chi connectivity index (χ2v) is 3.58. The van der Waals surface area contributed by atoms with Crippen LogP contribution in [0.2, 0.25) is 0 Å². The fourth-order valence-electron chi connectivity index (χ4n) is 1.29. The fraction of sp³-hybridized carbons (Fsp3) is 0.333. The lowest BCUT2D eigenvalue weighted by molar-refractivity contribution is -0.148. The molecule has 5 nitrogen and oxygen atoms in total. The highest BCUT2D eigenvalue weighted by atomic mass is 16.5. The van der Waals surface area contributed by atoms with Crippen molar-refractivity contribution in [1.29, 1.82) is 0 Å². The van der Waals surface area contributed by atoms with E-state index in [2.05, 4.69) is 5.32 Å². The zero-order valence-electron chi connectivity index (χ0n) is 9.68. The first-order valence-corrected chi connectivity index (χ1v) is 5.31. The SMILES string of the molecule is CC(=O)N[C@@H](CN)C(=O)OCc1ccccc1. The van der Waals surface area contributed by atoms with Crippen LogP contribution in [0.15, 0.2) is 30.3 Å². The van der Waals surface area contributed by atoms with E-state index < -0.39 is 12.0 Å². The van der Waals surface area contributed by atoms with Gasteiger partial charge in [-0.05, 0) is 5.56 Å². The van der Waals surface area contributed by atoms with E-state index in [1.807, 2.05) is 30.3 Å². The molecule has 0 saturated carbocycles. The number of esters is 1. The van der Waals surface area contributed by atoms with E-state index in [1.165, 1.54) is 6.92 Å². The second-order valence-electron chi connectivity index (χ2n) is 3.58. The predicted molar refractivity (Wildman–Crippen MR) is 62.9 cm³/mol. The van der Waals surface area contributed by atoms with Gasteiger partial charge in [0.15, 0.2) is 0 Å². The smallest absolute Gasteiger partial charge is 0.330 e. The third-order valence-corrected chi connectivity index (χ3v) is 2.12. The summed E-state index contributed by atoms with van der Waals surface area (Å²) in [5, 5.41) is 2.43. The van der Waals surface area contributed by atoms with Crippen molar-refractivity contribution in [2.24, 2.45) is 5.73 Å². The fourth-order valence-corrected chi connectivity index (χ4v) is 1.29. The number of carbonyl (C=O) groups is 2. The molecular formula is C12H16N2O3. The molecular weight excluding hydrogens is 220 g/mol. The molecule has 5 heteroatoms. The molecule has 1 atom stereocenters. The van der Waals surface area contributed by atoms with E-state index in [0.29, 0.717) is 0 Å². The maximum Gasteiger partial charge on any atom is 0.330 e. The Hall–Kier alpha value is -1.88. The number of carbonyl (C=O) groups excluding carboxylic acids is 2. The molecule has 0 unspecified atom stereocenters. The minimum atomic E-state index is -0.781. The zero-order valence-corrected chi connectivity index (χ0v) is 9.68. The Morgan fingerprint density at radius 2 is 2.00 bits per heavy atom. The largest absolute Gasteiger partial charge is 0.459 e. The molecule has 1 aromatic rings. The first-order chi connectivity index (χ1) is 8.13. The maximum absolute atomic E-state index is 11.6. The Morgan fingerprint density at radius 1 is 1.35 bits per heavy atom. The Labute approximate surface area is 99.9 Å². The molecule has 0 bridgehead atoms. The van der Waals surface area contributed by atoms with Crippen molar-refractivity contribution >= 4 is 11.9 Å². The van der Waals surface area contributed by atoms with Gasteiger partial charge in [0.2, 0.25) is 5.91 Å². The normalized spacial score (nSPS) is 11.6. The van der Waals surface area contributed by atoms with Crippen LogP contribution < -0.4 is 11.1 Å². The summed E-state index contributed by atoms with van der Waals surface area (Å²) < 4.78 is 5.05. The van der Waals surface area contributed by atoms with Crippen molar-refractivity contribution in [2.45, 2.75) is 19.6 Å². The number of nitrogens with two attached hydrogens (primary N) is 1. The van der Waals surface area contributed by atoms with Gasteiger partial charge in [-0.2, -0.15) is 0 Å². The van der Waals surface area contributed by atoms with Gasteiger partial charge in [-0.1, -0.05) is 30.3 Å². The topological polar surface area (TPSA) is 81.4 Å². The minimum Gasteiger partial charge on any atom is -0.459 e. The van der Waals surface area contributed by atoms with Crippen LogP contribution in [-0.2, 0) is 20.9 Å². The molecule has 0 spiro atoms. The summed E-state index contributed by atoms with van der Waals surface area (Å²) in [5.74, 6) is -0.830. The van der Waals surface area contributed by atoms with Crippen molar-refractivity contribution in [3.8, 4) is 0 Å². The summed E-state index contributed by atoms with van der Waals surface area (Å²) in [6.45, 7) is 1.52. The van der Waals surface area contributed by atoms with Gasteiger partial charge >= 0.3 is 5.97 Å². The Morgan fingerprint density at radius 3 is 2.53 bits per heavy atom. The summed E-state index contributed by atoms with van der Waals surface area (Å²) in [6, 6.07) is 8.52. The van der Waals surface area contributed by atoms with Crippen molar-refractivity contribution in [3.63, 3.8) is 0 Å². The van der Waals surface area contributed by atoms with Crippen molar-refractivity contribution < 1.29 is 14.3 Å². The summed E-state index contributed by atoms with van der Waals surface area (Å²) in [5.41, 5.74) is 6.26. The molecule has 17 heavy (non-hydrogen) atoms. The van der Waals surface area contributed by atoms with Gasteiger partial charge in [0.05, 0.1) is 0 Å². The van der Waals surface area contributed by atoms with E-state index in [1.54, 1.807) is 0 Å². The molecule has 0 heterocycles. The molecule has 0 aliphatic rings. The van der Waals surface area contributed by atoms with E-state index in [4.69, 9.17) is 10.5 Å². The molecule has 1 aromatic carbocycles. The van der Waals surface area contributed by atoms with Crippen LogP contribution in [0.5, 0.6) is 0 Å². The van der Waals surface area contributed by atoms with Gasteiger partial charge in [-0.25, -0.2) is 4.79 Å². The lowest BCUT2D eigenvalue weighted by Gasteiger charge is -2.14. The third-order valence-electron chi connectivity index (χ3n) is 2.12. The Bertz CT molecular complexity index is 379. The first kappa shape index (κ1) is 13.2. The van der Waals surface area contributed by atoms with Crippen LogP contribution in [0, 0.1) is 0 Å². The number of benzene rings is 1. The average molecular weight is 236 g/mol.